The van der Waals surface area contributed by atoms with Crippen LogP contribution in [-0.2, 0) is 6.54 Å². The number of halogens is 1. The van der Waals surface area contributed by atoms with Crippen molar-refractivity contribution in [3.05, 3.63) is 69.4 Å². The van der Waals surface area contributed by atoms with Gasteiger partial charge in [-0.15, -0.1) is 11.3 Å². The van der Waals surface area contributed by atoms with Crippen molar-refractivity contribution in [2.45, 2.75) is 13.5 Å². The molecule has 0 spiro atoms. The van der Waals surface area contributed by atoms with Gasteiger partial charge in [0.05, 0.1) is 26.5 Å². The topological polar surface area (TPSA) is 89.5 Å². The molecule has 0 unspecified atom stereocenters. The molecule has 2 N–H and O–H groups in total. The Labute approximate surface area is 176 Å². The van der Waals surface area contributed by atoms with Gasteiger partial charge in [0.2, 0.25) is 0 Å². The number of carbonyl (C=O) groups excluding carboxylic acids is 2. The molecule has 7 nitrogen and oxygen atoms in total. The van der Waals surface area contributed by atoms with Gasteiger partial charge < -0.3 is 20.1 Å². The molecule has 0 aliphatic rings. The van der Waals surface area contributed by atoms with Crippen LogP contribution in [0.5, 0.6) is 11.5 Å². The largest absolute Gasteiger partial charge is 0.493 e. The quantitative estimate of drug-likeness (QED) is 0.597. The predicted octanol–water partition coefficient (Wildman–Crippen LogP) is 3.79. The van der Waals surface area contributed by atoms with Crippen LogP contribution in [0.4, 0.5) is 10.1 Å². The number of hydrogen-bond donors (Lipinski definition) is 2. The second kappa shape index (κ2) is 9.36. The Kier molecular flexibility index (Phi) is 6.63. The number of nitrogens with zero attached hydrogens (tertiary/aromatic N) is 1. The van der Waals surface area contributed by atoms with Crippen molar-refractivity contribution in [3.8, 4) is 11.5 Å². The van der Waals surface area contributed by atoms with Crippen LogP contribution in [0.3, 0.4) is 0 Å². The van der Waals surface area contributed by atoms with Crippen LogP contribution in [0.15, 0.2) is 41.8 Å². The lowest BCUT2D eigenvalue weighted by Gasteiger charge is -2.16. The van der Waals surface area contributed by atoms with Crippen LogP contribution >= 0.6 is 11.3 Å². The fourth-order valence-electron chi connectivity index (χ4n) is 2.73. The van der Waals surface area contributed by atoms with Crippen molar-refractivity contribution >= 4 is 28.8 Å². The Morgan fingerprint density at radius 3 is 2.40 bits per heavy atom. The Hall–Kier alpha value is -3.46. The number of hydrogen-bond acceptors (Lipinski definition) is 6. The number of aromatic nitrogens is 1. The zero-order valence-corrected chi connectivity index (χ0v) is 17.4. The normalized spacial score (nSPS) is 10.4. The standard InChI is InChI=1S/C21H20FN3O4S/c1-12-11-30-18(24-12)10-23-20(26)14-8-16(19(29-3)17(9-14)28-2)25-21(27)13-4-6-15(22)7-5-13/h4-9,11H,10H2,1-3H3,(H,23,26)(H,25,27). The third kappa shape index (κ3) is 4.93. The molecule has 3 aromatic rings. The lowest BCUT2D eigenvalue weighted by atomic mass is 10.1. The van der Waals surface area contributed by atoms with E-state index in [4.69, 9.17) is 9.47 Å². The Balaban J connectivity index is 1.85. The molecule has 156 valence electrons. The van der Waals surface area contributed by atoms with Gasteiger partial charge in [0.15, 0.2) is 11.5 Å². The second-order valence-electron chi connectivity index (χ2n) is 6.29. The highest BCUT2D eigenvalue weighted by atomic mass is 32.1. The van der Waals surface area contributed by atoms with E-state index in [0.717, 1.165) is 10.7 Å². The van der Waals surface area contributed by atoms with E-state index in [2.05, 4.69) is 15.6 Å². The lowest BCUT2D eigenvalue weighted by Crippen LogP contribution is -2.23. The highest BCUT2D eigenvalue weighted by Crippen LogP contribution is 2.37. The summed E-state index contributed by atoms with van der Waals surface area (Å²) in [5, 5.41) is 8.17. The first-order valence-corrected chi connectivity index (χ1v) is 9.81. The smallest absolute Gasteiger partial charge is 0.255 e. The number of carbonyl (C=O) groups is 2. The summed E-state index contributed by atoms with van der Waals surface area (Å²) >= 11 is 1.46. The van der Waals surface area contributed by atoms with Crippen LogP contribution in [0.2, 0.25) is 0 Å². The molecule has 0 saturated carbocycles. The molecule has 0 aliphatic carbocycles. The maximum absolute atomic E-state index is 13.1. The van der Waals surface area contributed by atoms with Gasteiger partial charge in [-0.05, 0) is 43.3 Å². The van der Waals surface area contributed by atoms with Crippen LogP contribution < -0.4 is 20.1 Å². The van der Waals surface area contributed by atoms with Crippen LogP contribution in [0.1, 0.15) is 31.4 Å². The molecule has 3 rings (SSSR count). The minimum absolute atomic E-state index is 0.251. The molecule has 30 heavy (non-hydrogen) atoms. The number of ether oxygens (including phenoxy) is 2. The third-order valence-corrected chi connectivity index (χ3v) is 5.13. The first-order chi connectivity index (χ1) is 14.4. The van der Waals surface area contributed by atoms with E-state index >= 15 is 0 Å². The number of anilines is 1. The maximum atomic E-state index is 13.1. The molecule has 1 heterocycles. The molecule has 0 aliphatic heterocycles. The van der Waals surface area contributed by atoms with Crippen molar-refractivity contribution in [2.75, 3.05) is 19.5 Å². The van der Waals surface area contributed by atoms with E-state index in [9.17, 15) is 14.0 Å². The fraction of sp³-hybridized carbons (Fsp3) is 0.190. The number of methoxy groups -OCH3 is 2. The lowest BCUT2D eigenvalue weighted by molar-refractivity contribution is 0.0949. The Morgan fingerprint density at radius 1 is 1.07 bits per heavy atom. The molecular weight excluding hydrogens is 409 g/mol. The number of benzene rings is 2. The zero-order valence-electron chi connectivity index (χ0n) is 16.6. The van der Waals surface area contributed by atoms with Gasteiger partial charge in [0, 0.05) is 22.2 Å². The molecule has 0 atom stereocenters. The van der Waals surface area contributed by atoms with E-state index < -0.39 is 11.7 Å². The summed E-state index contributed by atoms with van der Waals surface area (Å²) < 4.78 is 23.8. The highest BCUT2D eigenvalue weighted by molar-refractivity contribution is 7.09. The minimum atomic E-state index is -0.480. The average Bonchev–Trinajstić information content (AvgIpc) is 3.16. The molecule has 0 bridgehead atoms. The van der Waals surface area contributed by atoms with Gasteiger partial charge >= 0.3 is 0 Å². The minimum Gasteiger partial charge on any atom is -0.493 e. The van der Waals surface area contributed by atoms with E-state index in [1.165, 1.54) is 62.0 Å². The van der Waals surface area contributed by atoms with Crippen molar-refractivity contribution in [1.82, 2.24) is 10.3 Å². The molecule has 2 aromatic carbocycles. The fourth-order valence-corrected chi connectivity index (χ4v) is 3.44. The van der Waals surface area contributed by atoms with Gasteiger partial charge in [0.25, 0.3) is 11.8 Å². The number of nitrogens with one attached hydrogen (secondary N) is 2. The summed E-state index contributed by atoms with van der Waals surface area (Å²) in [6, 6.07) is 8.12. The van der Waals surface area contributed by atoms with Gasteiger partial charge in [0.1, 0.15) is 10.8 Å². The summed E-state index contributed by atoms with van der Waals surface area (Å²) in [7, 11) is 2.86. The Morgan fingerprint density at radius 2 is 1.80 bits per heavy atom. The van der Waals surface area contributed by atoms with E-state index in [1.54, 1.807) is 0 Å². The Bertz CT molecular complexity index is 1070. The third-order valence-electron chi connectivity index (χ3n) is 4.16. The van der Waals surface area contributed by atoms with Gasteiger partial charge in [-0.3, -0.25) is 9.59 Å². The van der Waals surface area contributed by atoms with Crippen molar-refractivity contribution in [2.24, 2.45) is 0 Å². The summed E-state index contributed by atoms with van der Waals surface area (Å²) in [5.41, 5.74) is 1.67. The molecule has 0 saturated heterocycles. The second-order valence-corrected chi connectivity index (χ2v) is 7.23. The molecule has 2 amide bonds. The monoisotopic (exact) mass is 429 g/mol. The van der Waals surface area contributed by atoms with Gasteiger partial charge in [-0.25, -0.2) is 9.37 Å². The summed E-state index contributed by atoms with van der Waals surface area (Å²) in [6.07, 6.45) is 0. The molecule has 0 radical (unpaired) electrons. The average molecular weight is 429 g/mol. The van der Waals surface area contributed by atoms with Crippen LogP contribution in [0.25, 0.3) is 0 Å². The first kappa shape index (κ1) is 21.3. The van der Waals surface area contributed by atoms with Crippen LogP contribution in [0, 0.1) is 12.7 Å². The van der Waals surface area contributed by atoms with Crippen LogP contribution in [-0.4, -0.2) is 31.0 Å². The van der Waals surface area contributed by atoms with E-state index in [0.29, 0.717) is 0 Å². The number of amides is 2. The van der Waals surface area contributed by atoms with Crippen molar-refractivity contribution in [1.29, 1.82) is 0 Å². The van der Waals surface area contributed by atoms with E-state index in [-0.39, 0.29) is 40.8 Å². The van der Waals surface area contributed by atoms with Gasteiger partial charge in [-0.1, -0.05) is 0 Å². The SMILES string of the molecule is COc1cc(C(=O)NCc2nc(C)cs2)cc(NC(=O)c2ccc(F)cc2)c1OC. The zero-order chi connectivity index (χ0) is 21.7. The number of aryl methyl sites for hydroxylation is 1. The summed E-state index contributed by atoms with van der Waals surface area (Å²) in [5.74, 6) is -0.739. The van der Waals surface area contributed by atoms with Crippen molar-refractivity contribution in [3.63, 3.8) is 0 Å². The molecular formula is C21H20FN3O4S. The number of thiazole rings is 1. The van der Waals surface area contributed by atoms with Gasteiger partial charge in [-0.2, -0.15) is 0 Å². The number of rotatable bonds is 7. The van der Waals surface area contributed by atoms with E-state index in [1.807, 2.05) is 12.3 Å². The summed E-state index contributed by atoms with van der Waals surface area (Å²) in [6.45, 7) is 2.16. The first-order valence-electron chi connectivity index (χ1n) is 8.93. The molecule has 9 heteroatoms. The highest BCUT2D eigenvalue weighted by Gasteiger charge is 2.19. The predicted molar refractivity (Wildman–Crippen MR) is 112 cm³/mol. The summed E-state index contributed by atoms with van der Waals surface area (Å²) in [4.78, 5) is 29.5. The molecule has 1 aromatic heterocycles. The van der Waals surface area contributed by atoms with Crippen molar-refractivity contribution < 1.29 is 23.5 Å². The maximum Gasteiger partial charge on any atom is 0.255 e. The molecule has 0 fully saturated rings.